The van der Waals surface area contributed by atoms with Crippen LogP contribution in [0, 0.1) is 12.8 Å². The van der Waals surface area contributed by atoms with Crippen LogP contribution in [0.15, 0.2) is 36.0 Å². The highest BCUT2D eigenvalue weighted by molar-refractivity contribution is 6.11. The van der Waals surface area contributed by atoms with E-state index in [0.717, 1.165) is 36.5 Å². The van der Waals surface area contributed by atoms with E-state index in [1.54, 1.807) is 37.2 Å². The lowest BCUT2D eigenvalue weighted by molar-refractivity contribution is -0.123. The molecule has 0 unspecified atom stereocenters. The third kappa shape index (κ3) is 3.38. The first-order valence-corrected chi connectivity index (χ1v) is 12.3. The highest BCUT2D eigenvalue weighted by Gasteiger charge is 2.68. The smallest absolute Gasteiger partial charge is 0.340 e. The maximum atomic E-state index is 13.3. The SMILES string of the molecule is CCN(CC)c1cc(/C=C/C(=O)N2C[C@H]3C[C@@]34C2=CC(=O)c2[nH]c(C)c(C(=O)OC)c24)ccc1OC. The average Bonchev–Trinajstić information content (AvgIpc) is 3.33. The van der Waals surface area contributed by atoms with E-state index in [2.05, 4.69) is 23.7 Å². The number of rotatable bonds is 7. The number of anilines is 1. The number of carbonyl (C=O) groups is 3. The first kappa shape index (κ1) is 23.9. The highest BCUT2D eigenvalue weighted by Crippen LogP contribution is 2.67. The molecular weight excluding hydrogens is 458 g/mol. The van der Waals surface area contributed by atoms with Gasteiger partial charge in [0.2, 0.25) is 5.78 Å². The summed E-state index contributed by atoms with van der Waals surface area (Å²) in [5, 5.41) is 0. The average molecular weight is 490 g/mol. The third-order valence-corrected chi connectivity index (χ3v) is 7.78. The Hall–Kier alpha value is -3.81. The van der Waals surface area contributed by atoms with Gasteiger partial charge in [-0.05, 0) is 56.9 Å². The fraction of sp³-hybridized carbons (Fsp3) is 0.393. The van der Waals surface area contributed by atoms with Crippen LogP contribution >= 0.6 is 0 Å². The van der Waals surface area contributed by atoms with Crippen LogP contribution in [0.3, 0.4) is 0 Å². The number of methoxy groups -OCH3 is 2. The Morgan fingerprint density at radius 3 is 2.67 bits per heavy atom. The molecule has 2 aromatic rings. The number of amides is 1. The van der Waals surface area contributed by atoms with Crippen LogP contribution in [0.2, 0.25) is 0 Å². The minimum atomic E-state index is -0.489. The van der Waals surface area contributed by atoms with Gasteiger partial charge < -0.3 is 24.3 Å². The molecule has 36 heavy (non-hydrogen) atoms. The van der Waals surface area contributed by atoms with Gasteiger partial charge in [0, 0.05) is 54.2 Å². The van der Waals surface area contributed by atoms with Gasteiger partial charge in [-0.2, -0.15) is 0 Å². The van der Waals surface area contributed by atoms with Gasteiger partial charge in [0.15, 0.2) is 0 Å². The molecule has 3 aliphatic rings. The number of ketones is 1. The van der Waals surface area contributed by atoms with Crippen molar-refractivity contribution in [3.05, 3.63) is 64.1 Å². The van der Waals surface area contributed by atoms with Gasteiger partial charge in [0.1, 0.15) is 5.75 Å². The van der Waals surface area contributed by atoms with Gasteiger partial charge in [-0.3, -0.25) is 9.59 Å². The van der Waals surface area contributed by atoms with E-state index in [0.29, 0.717) is 34.8 Å². The monoisotopic (exact) mass is 489 g/mol. The number of fused-ring (bicyclic) bond motifs is 1. The fourth-order valence-corrected chi connectivity index (χ4v) is 5.96. The number of likely N-dealkylation sites (tertiary alicyclic amines) is 1. The lowest BCUT2D eigenvalue weighted by atomic mass is 9.82. The van der Waals surface area contributed by atoms with Crippen LogP contribution < -0.4 is 9.64 Å². The molecule has 1 N–H and O–H groups in total. The molecule has 2 atom stereocenters. The van der Waals surface area contributed by atoms with Crippen LogP contribution in [0.25, 0.3) is 6.08 Å². The minimum absolute atomic E-state index is 0.168. The summed E-state index contributed by atoms with van der Waals surface area (Å²) < 4.78 is 10.5. The molecule has 1 saturated heterocycles. The lowest BCUT2D eigenvalue weighted by Crippen LogP contribution is -2.33. The number of aryl methyl sites for hydroxylation is 1. The van der Waals surface area contributed by atoms with Crippen LogP contribution in [0.1, 0.15) is 57.9 Å². The van der Waals surface area contributed by atoms with Crippen molar-refractivity contribution in [2.24, 2.45) is 5.92 Å². The number of allylic oxidation sites excluding steroid dienone is 2. The Bertz CT molecular complexity index is 1330. The molecule has 1 aromatic carbocycles. The molecule has 1 saturated carbocycles. The van der Waals surface area contributed by atoms with E-state index in [4.69, 9.17) is 9.47 Å². The Morgan fingerprint density at radius 1 is 1.25 bits per heavy atom. The summed E-state index contributed by atoms with van der Waals surface area (Å²) in [6, 6.07) is 5.84. The Kier molecular flexibility index (Phi) is 5.77. The summed E-state index contributed by atoms with van der Waals surface area (Å²) in [7, 11) is 2.99. The first-order chi connectivity index (χ1) is 17.3. The number of nitrogens with zero attached hydrogens (tertiary/aromatic N) is 2. The van der Waals surface area contributed by atoms with Crippen molar-refractivity contribution in [1.29, 1.82) is 0 Å². The number of aromatic amines is 1. The standard InChI is InChI=1S/C28H31N3O5/c1-6-30(7-2)19-12-17(8-10-21(19)35-4)9-11-23(33)31-15-18-14-28(18)22(31)13-20(32)26-25(28)24(16(3)29-26)27(34)36-5/h8-13,18,29H,6-7,14-15H2,1-5H3/b11-9+/t18-,28+/m1/s1. The number of hydrogen-bond acceptors (Lipinski definition) is 6. The lowest BCUT2D eigenvalue weighted by Gasteiger charge is -2.27. The van der Waals surface area contributed by atoms with Crippen molar-refractivity contribution in [3.8, 4) is 5.75 Å². The summed E-state index contributed by atoms with van der Waals surface area (Å²) in [5.74, 6) is 0.0797. The van der Waals surface area contributed by atoms with E-state index in [1.165, 1.54) is 7.11 Å². The minimum Gasteiger partial charge on any atom is -0.495 e. The zero-order chi connectivity index (χ0) is 25.8. The number of esters is 1. The van der Waals surface area contributed by atoms with Crippen LogP contribution in [0.5, 0.6) is 5.75 Å². The molecule has 0 radical (unpaired) electrons. The van der Waals surface area contributed by atoms with Crippen molar-refractivity contribution in [2.75, 3.05) is 38.8 Å². The van der Waals surface area contributed by atoms with Crippen LogP contribution in [-0.2, 0) is 14.9 Å². The van der Waals surface area contributed by atoms with Gasteiger partial charge in [-0.15, -0.1) is 0 Å². The quantitative estimate of drug-likeness (QED) is 0.469. The van der Waals surface area contributed by atoms with Gasteiger partial charge in [0.05, 0.1) is 31.2 Å². The maximum Gasteiger partial charge on any atom is 0.340 e. The van der Waals surface area contributed by atoms with Crippen LogP contribution in [-0.4, -0.2) is 61.4 Å². The molecule has 0 bridgehead atoms. The molecule has 5 rings (SSSR count). The van der Waals surface area contributed by atoms with Crippen molar-refractivity contribution >= 4 is 29.4 Å². The number of H-pyrrole nitrogens is 1. The predicted octanol–water partition coefficient (Wildman–Crippen LogP) is 3.86. The Labute approximate surface area is 210 Å². The van der Waals surface area contributed by atoms with E-state index < -0.39 is 11.4 Å². The number of nitrogens with one attached hydrogen (secondary N) is 1. The second-order valence-electron chi connectivity index (χ2n) is 9.52. The fourth-order valence-electron chi connectivity index (χ4n) is 5.96. The zero-order valence-electron chi connectivity index (χ0n) is 21.3. The second kappa shape index (κ2) is 8.69. The summed E-state index contributed by atoms with van der Waals surface area (Å²) in [4.78, 5) is 45.9. The van der Waals surface area contributed by atoms with Crippen molar-refractivity contribution < 1.29 is 23.9 Å². The summed E-state index contributed by atoms with van der Waals surface area (Å²) in [5.41, 5.74) is 4.21. The zero-order valence-corrected chi connectivity index (χ0v) is 21.3. The summed E-state index contributed by atoms with van der Waals surface area (Å²) in [6.45, 7) is 8.14. The number of carbonyl (C=O) groups excluding carboxylic acids is 3. The van der Waals surface area contributed by atoms with Crippen molar-refractivity contribution in [2.45, 2.75) is 32.6 Å². The largest absolute Gasteiger partial charge is 0.495 e. The molecule has 1 amide bonds. The molecule has 1 aliphatic heterocycles. The molecule has 1 aromatic heterocycles. The molecule has 2 heterocycles. The molecular formula is C28H31N3O5. The molecule has 8 nitrogen and oxygen atoms in total. The number of aromatic nitrogens is 1. The number of benzene rings is 1. The highest BCUT2D eigenvalue weighted by atomic mass is 16.5. The van der Waals surface area contributed by atoms with E-state index >= 15 is 0 Å². The first-order valence-electron chi connectivity index (χ1n) is 12.3. The predicted molar refractivity (Wildman–Crippen MR) is 136 cm³/mol. The Morgan fingerprint density at radius 2 is 2.00 bits per heavy atom. The van der Waals surface area contributed by atoms with Crippen molar-refractivity contribution in [1.82, 2.24) is 9.88 Å². The van der Waals surface area contributed by atoms with Gasteiger partial charge >= 0.3 is 5.97 Å². The molecule has 2 fully saturated rings. The van der Waals surface area contributed by atoms with E-state index in [-0.39, 0.29) is 17.6 Å². The summed E-state index contributed by atoms with van der Waals surface area (Å²) >= 11 is 0. The molecule has 1 spiro atoms. The molecule has 188 valence electrons. The number of hydrogen-bond donors (Lipinski definition) is 1. The Balaban J connectivity index is 1.44. The molecule has 8 heteroatoms. The van der Waals surface area contributed by atoms with Gasteiger partial charge in [-0.1, -0.05) is 6.07 Å². The van der Waals surface area contributed by atoms with Gasteiger partial charge in [0.25, 0.3) is 5.91 Å². The van der Waals surface area contributed by atoms with E-state index in [9.17, 15) is 14.4 Å². The third-order valence-electron chi connectivity index (χ3n) is 7.78. The van der Waals surface area contributed by atoms with E-state index in [1.807, 2.05) is 18.2 Å². The van der Waals surface area contributed by atoms with Crippen molar-refractivity contribution in [3.63, 3.8) is 0 Å². The topological polar surface area (TPSA) is 91.9 Å². The number of piperidine rings is 1. The molecule has 2 aliphatic carbocycles. The summed E-state index contributed by atoms with van der Waals surface area (Å²) in [6.07, 6.45) is 5.71. The van der Waals surface area contributed by atoms with Crippen LogP contribution in [0.4, 0.5) is 5.69 Å². The normalized spacial score (nSPS) is 21.6. The second-order valence-corrected chi connectivity index (χ2v) is 9.52. The van der Waals surface area contributed by atoms with Gasteiger partial charge in [-0.25, -0.2) is 4.79 Å². The maximum absolute atomic E-state index is 13.3. The number of ether oxygens (including phenoxy) is 2.